The highest BCUT2D eigenvalue weighted by Gasteiger charge is 2.40. The monoisotopic (exact) mass is 361 g/mol. The van der Waals surface area contributed by atoms with Crippen LogP contribution in [0.25, 0.3) is 0 Å². The molecule has 0 spiro atoms. The maximum Gasteiger partial charge on any atom is 0.417 e. The van der Waals surface area contributed by atoms with Crippen LogP contribution in [0.15, 0.2) is 12.1 Å². The molecule has 0 unspecified atom stereocenters. The molecule has 1 aliphatic heterocycles. The first-order valence-corrected chi connectivity index (χ1v) is 7.62. The molecule has 25 heavy (non-hydrogen) atoms. The van der Waals surface area contributed by atoms with Gasteiger partial charge in [0.05, 0.1) is 16.8 Å². The van der Waals surface area contributed by atoms with Crippen LogP contribution in [0.5, 0.6) is 5.75 Å². The summed E-state index contributed by atoms with van der Waals surface area (Å²) in [6.45, 7) is 2.15. The van der Waals surface area contributed by atoms with Crippen LogP contribution >= 0.6 is 0 Å². The van der Waals surface area contributed by atoms with Crippen LogP contribution in [0, 0.1) is 0 Å². The zero-order chi connectivity index (χ0) is 18.8. The Morgan fingerprint density at radius 3 is 2.60 bits per heavy atom. The molecule has 1 N–H and O–H groups in total. The summed E-state index contributed by atoms with van der Waals surface area (Å²) in [5, 5.41) is 9.12. The van der Waals surface area contributed by atoms with Gasteiger partial charge in [-0.3, -0.25) is 4.79 Å². The number of hydrogen-bond acceptors (Lipinski definition) is 4. The largest absolute Gasteiger partial charge is 0.479 e. The van der Waals surface area contributed by atoms with Crippen molar-refractivity contribution in [2.24, 2.45) is 0 Å². The molecule has 1 amide bonds. The fourth-order valence-electron chi connectivity index (χ4n) is 2.61. The Labute approximate surface area is 142 Å². The summed E-state index contributed by atoms with van der Waals surface area (Å²) >= 11 is 0. The molecule has 0 saturated heterocycles. The molecule has 1 heterocycles. The van der Waals surface area contributed by atoms with E-state index in [9.17, 15) is 22.8 Å². The fraction of sp³-hybridized carbons (Fsp3) is 0.500. The van der Waals surface area contributed by atoms with Crippen molar-refractivity contribution >= 4 is 17.6 Å². The number of anilines is 1. The summed E-state index contributed by atoms with van der Waals surface area (Å²) in [5.74, 6) is -2.31. The minimum atomic E-state index is -4.85. The van der Waals surface area contributed by atoms with Gasteiger partial charge in [-0.25, -0.2) is 4.79 Å². The topological polar surface area (TPSA) is 76.1 Å². The second-order valence-corrected chi connectivity index (χ2v) is 5.62. The van der Waals surface area contributed by atoms with E-state index in [2.05, 4.69) is 0 Å². The van der Waals surface area contributed by atoms with Crippen LogP contribution in [-0.4, -0.2) is 43.3 Å². The van der Waals surface area contributed by atoms with E-state index in [1.165, 1.54) is 18.9 Å². The number of carboxylic acids is 1. The van der Waals surface area contributed by atoms with E-state index in [1.54, 1.807) is 0 Å². The minimum Gasteiger partial charge on any atom is -0.479 e. The number of fused-ring (bicyclic) bond motifs is 1. The normalized spacial score (nSPS) is 17.2. The summed E-state index contributed by atoms with van der Waals surface area (Å²) in [7, 11) is 1.54. The molecular formula is C16H18F3NO5. The highest BCUT2D eigenvalue weighted by molar-refractivity contribution is 6.02. The number of ether oxygens (including phenoxy) is 2. The van der Waals surface area contributed by atoms with Crippen molar-refractivity contribution < 1.29 is 37.3 Å². The average Bonchev–Trinajstić information content (AvgIpc) is 2.52. The maximum atomic E-state index is 13.1. The number of aromatic carboxylic acids is 1. The van der Waals surface area contributed by atoms with Gasteiger partial charge < -0.3 is 19.5 Å². The molecule has 0 aromatic heterocycles. The maximum absolute atomic E-state index is 13.1. The lowest BCUT2D eigenvalue weighted by molar-refractivity contribution is -0.138. The molecule has 1 aromatic carbocycles. The Morgan fingerprint density at radius 1 is 1.36 bits per heavy atom. The zero-order valence-electron chi connectivity index (χ0n) is 13.7. The predicted octanol–water partition coefficient (Wildman–Crippen LogP) is 2.94. The van der Waals surface area contributed by atoms with E-state index in [1.807, 2.05) is 0 Å². The van der Waals surface area contributed by atoms with Gasteiger partial charge in [0.15, 0.2) is 6.10 Å². The molecule has 1 atom stereocenters. The summed E-state index contributed by atoms with van der Waals surface area (Å²) in [6.07, 6.45) is -4.60. The third-order valence-corrected chi connectivity index (χ3v) is 3.82. The highest BCUT2D eigenvalue weighted by Crippen LogP contribution is 2.42. The number of hydrogen-bond donors (Lipinski definition) is 1. The van der Waals surface area contributed by atoms with Crippen molar-refractivity contribution in [2.75, 3.05) is 25.2 Å². The molecule has 1 aromatic rings. The lowest BCUT2D eigenvalue weighted by Crippen LogP contribution is -2.45. The van der Waals surface area contributed by atoms with Gasteiger partial charge in [-0.1, -0.05) is 0 Å². The number of carboxylic acid groups (broad SMARTS) is 1. The molecule has 9 heteroatoms. The molecule has 0 saturated carbocycles. The molecule has 0 bridgehead atoms. The third kappa shape index (κ3) is 4.04. The van der Waals surface area contributed by atoms with Crippen molar-refractivity contribution in [2.45, 2.75) is 32.0 Å². The number of alkyl halides is 3. The number of methoxy groups -OCH3 is 1. The van der Waals surface area contributed by atoms with E-state index in [0.29, 0.717) is 25.5 Å². The van der Waals surface area contributed by atoms with Gasteiger partial charge in [-0.2, -0.15) is 13.2 Å². The zero-order valence-corrected chi connectivity index (χ0v) is 13.7. The van der Waals surface area contributed by atoms with Crippen molar-refractivity contribution in [1.29, 1.82) is 0 Å². The Balaban J connectivity index is 2.46. The van der Waals surface area contributed by atoms with E-state index in [0.717, 1.165) is 6.07 Å². The highest BCUT2D eigenvalue weighted by atomic mass is 19.4. The first-order chi connectivity index (χ1) is 11.7. The molecule has 1 aliphatic rings. The SMILES string of the molecule is COCCCCN1C(=O)[C@@H](C)Oc2cc(C(F)(F)F)c(C(=O)O)cc21. The molecule has 0 aliphatic carbocycles. The standard InChI is InChI=1S/C16H18F3NO5/c1-9-14(21)20(5-3-4-6-24-2)12-7-10(15(22)23)11(16(17,18)19)8-13(12)25-9/h7-9H,3-6H2,1-2H3,(H,22,23)/t9-/m1/s1. The van der Waals surface area contributed by atoms with Gasteiger partial charge in [0.25, 0.3) is 5.91 Å². The molecular weight excluding hydrogens is 343 g/mol. The molecule has 138 valence electrons. The second-order valence-electron chi connectivity index (χ2n) is 5.62. The van der Waals surface area contributed by atoms with Gasteiger partial charge in [-0.05, 0) is 31.9 Å². The summed E-state index contributed by atoms with van der Waals surface area (Å²) < 4.78 is 49.6. The van der Waals surface area contributed by atoms with E-state index >= 15 is 0 Å². The van der Waals surface area contributed by atoms with Crippen LogP contribution in [0.3, 0.4) is 0 Å². The predicted molar refractivity (Wildman–Crippen MR) is 82.0 cm³/mol. The molecule has 0 fully saturated rings. The quantitative estimate of drug-likeness (QED) is 0.789. The van der Waals surface area contributed by atoms with E-state index in [4.69, 9.17) is 14.6 Å². The van der Waals surface area contributed by atoms with Gasteiger partial charge in [0, 0.05) is 20.3 Å². The Bertz CT molecular complexity index is 674. The van der Waals surface area contributed by atoms with Crippen LogP contribution in [-0.2, 0) is 15.7 Å². The first-order valence-electron chi connectivity index (χ1n) is 7.62. The lowest BCUT2D eigenvalue weighted by Gasteiger charge is -2.34. The number of rotatable bonds is 6. The lowest BCUT2D eigenvalue weighted by atomic mass is 10.0. The van der Waals surface area contributed by atoms with Crippen molar-refractivity contribution in [3.8, 4) is 5.75 Å². The molecule has 0 radical (unpaired) electrons. The second kappa shape index (κ2) is 7.30. The van der Waals surface area contributed by atoms with Crippen molar-refractivity contribution in [3.63, 3.8) is 0 Å². The molecule has 2 rings (SSSR count). The molecule has 6 nitrogen and oxygen atoms in total. The van der Waals surface area contributed by atoms with Gasteiger partial charge in [-0.15, -0.1) is 0 Å². The smallest absolute Gasteiger partial charge is 0.417 e. The number of benzene rings is 1. The number of carbonyl (C=O) groups excluding carboxylic acids is 1. The summed E-state index contributed by atoms with van der Waals surface area (Å²) in [4.78, 5) is 24.8. The van der Waals surface area contributed by atoms with Gasteiger partial charge in [0.2, 0.25) is 0 Å². The number of carbonyl (C=O) groups is 2. The summed E-state index contributed by atoms with van der Waals surface area (Å²) in [6, 6.07) is 1.49. The third-order valence-electron chi connectivity index (χ3n) is 3.82. The van der Waals surface area contributed by atoms with Crippen LogP contribution in [0.1, 0.15) is 35.7 Å². The Hall–Kier alpha value is -2.29. The summed E-state index contributed by atoms with van der Waals surface area (Å²) in [5.41, 5.74) is -2.19. The van der Waals surface area contributed by atoms with Crippen LogP contribution in [0.2, 0.25) is 0 Å². The fourth-order valence-corrected chi connectivity index (χ4v) is 2.61. The minimum absolute atomic E-state index is 0.0333. The Morgan fingerprint density at radius 2 is 2.04 bits per heavy atom. The number of halogens is 3. The van der Waals surface area contributed by atoms with E-state index < -0.39 is 35.3 Å². The number of nitrogens with zero attached hydrogens (tertiary/aromatic N) is 1. The Kier molecular flexibility index (Phi) is 5.56. The van der Waals surface area contributed by atoms with Gasteiger partial charge >= 0.3 is 12.1 Å². The van der Waals surface area contributed by atoms with Crippen molar-refractivity contribution in [3.05, 3.63) is 23.3 Å². The number of amides is 1. The van der Waals surface area contributed by atoms with Crippen molar-refractivity contribution in [1.82, 2.24) is 0 Å². The van der Waals surface area contributed by atoms with Gasteiger partial charge in [0.1, 0.15) is 5.75 Å². The first kappa shape index (κ1) is 19.0. The van der Waals surface area contributed by atoms with Crippen LogP contribution in [0.4, 0.5) is 18.9 Å². The number of unbranched alkanes of at least 4 members (excludes halogenated alkanes) is 1. The van der Waals surface area contributed by atoms with E-state index in [-0.39, 0.29) is 18.0 Å². The van der Waals surface area contributed by atoms with Crippen LogP contribution < -0.4 is 9.64 Å². The average molecular weight is 361 g/mol.